The largest absolute Gasteiger partial charge is 0.416 e. The van der Waals surface area contributed by atoms with Crippen LogP contribution in [0.2, 0.25) is 0 Å². The molecule has 0 unspecified atom stereocenters. The number of halogens is 3. The minimum absolute atomic E-state index is 0.0192. The van der Waals surface area contributed by atoms with Crippen molar-refractivity contribution in [3.63, 3.8) is 0 Å². The molecule has 1 N–H and O–H groups in total. The maximum Gasteiger partial charge on any atom is 0.416 e. The van der Waals surface area contributed by atoms with Crippen LogP contribution < -0.4 is 0 Å². The van der Waals surface area contributed by atoms with Gasteiger partial charge in [0.1, 0.15) is 5.60 Å². The van der Waals surface area contributed by atoms with Gasteiger partial charge in [-0.3, -0.25) is 4.79 Å². The van der Waals surface area contributed by atoms with E-state index in [2.05, 4.69) is 0 Å². The Balaban J connectivity index is 2.06. The van der Waals surface area contributed by atoms with E-state index in [-0.39, 0.29) is 12.2 Å². The Bertz CT molecular complexity index is 457. The minimum Gasteiger partial charge on any atom is -0.382 e. The van der Waals surface area contributed by atoms with Crippen LogP contribution in [0.15, 0.2) is 24.3 Å². The number of rotatable bonds is 3. The van der Waals surface area contributed by atoms with Crippen LogP contribution in [0.4, 0.5) is 13.2 Å². The first-order valence-corrected chi connectivity index (χ1v) is 6.23. The summed E-state index contributed by atoms with van der Waals surface area (Å²) in [5.74, 6) is -0.301. The second-order valence-electron chi connectivity index (χ2n) is 5.03. The highest BCUT2D eigenvalue weighted by molar-refractivity contribution is 5.89. The molecule has 1 saturated carbocycles. The standard InChI is InChI=1S/C14H15F3O2/c15-14(16,17)11-5-3-10(4-6-11)9-12(18)13(19)7-1-2-8-13/h3-6,19H,1-2,7-9H2. The van der Waals surface area contributed by atoms with E-state index >= 15 is 0 Å². The van der Waals surface area contributed by atoms with E-state index in [4.69, 9.17) is 0 Å². The van der Waals surface area contributed by atoms with Crippen molar-refractivity contribution < 1.29 is 23.1 Å². The first kappa shape index (κ1) is 14.1. The fourth-order valence-corrected chi connectivity index (χ4v) is 2.40. The Morgan fingerprint density at radius 3 is 2.16 bits per heavy atom. The molecule has 0 amide bonds. The Morgan fingerprint density at radius 2 is 1.68 bits per heavy atom. The molecular formula is C14H15F3O2. The van der Waals surface area contributed by atoms with Crippen molar-refractivity contribution in [2.24, 2.45) is 0 Å². The maximum absolute atomic E-state index is 12.4. The summed E-state index contributed by atoms with van der Waals surface area (Å²) in [6.07, 6.45) is -1.86. The minimum atomic E-state index is -4.37. The molecule has 5 heteroatoms. The molecule has 1 aliphatic rings. The van der Waals surface area contributed by atoms with Crippen LogP contribution in [0, 0.1) is 0 Å². The summed E-state index contributed by atoms with van der Waals surface area (Å²) in [5, 5.41) is 10.1. The highest BCUT2D eigenvalue weighted by atomic mass is 19.4. The SMILES string of the molecule is O=C(Cc1ccc(C(F)(F)F)cc1)C1(O)CCCC1. The van der Waals surface area contributed by atoms with Gasteiger partial charge in [-0.1, -0.05) is 12.1 Å². The molecule has 0 radical (unpaired) electrons. The van der Waals surface area contributed by atoms with Crippen LogP contribution in [0.5, 0.6) is 0 Å². The third-order valence-electron chi connectivity index (χ3n) is 3.60. The van der Waals surface area contributed by atoms with E-state index in [1.807, 2.05) is 0 Å². The molecule has 104 valence electrons. The third-order valence-corrected chi connectivity index (χ3v) is 3.60. The number of ketones is 1. The maximum atomic E-state index is 12.4. The van der Waals surface area contributed by atoms with E-state index in [1.54, 1.807) is 0 Å². The molecule has 19 heavy (non-hydrogen) atoms. The number of aliphatic hydroxyl groups is 1. The van der Waals surface area contributed by atoms with E-state index in [0.717, 1.165) is 25.0 Å². The average Bonchev–Trinajstić information content (AvgIpc) is 2.77. The number of carbonyl (C=O) groups is 1. The van der Waals surface area contributed by atoms with Gasteiger partial charge < -0.3 is 5.11 Å². The van der Waals surface area contributed by atoms with Gasteiger partial charge in [-0.2, -0.15) is 13.2 Å². The Labute approximate surface area is 109 Å². The van der Waals surface area contributed by atoms with Gasteiger partial charge in [-0.25, -0.2) is 0 Å². The zero-order valence-electron chi connectivity index (χ0n) is 10.3. The molecule has 2 rings (SSSR count). The quantitative estimate of drug-likeness (QED) is 0.918. The molecule has 0 bridgehead atoms. The van der Waals surface area contributed by atoms with Gasteiger partial charge in [0.15, 0.2) is 5.78 Å². The number of benzene rings is 1. The van der Waals surface area contributed by atoms with Gasteiger partial charge in [0.05, 0.1) is 5.56 Å². The number of hydrogen-bond donors (Lipinski definition) is 1. The van der Waals surface area contributed by atoms with Crippen LogP contribution in [0.25, 0.3) is 0 Å². The summed E-state index contributed by atoms with van der Waals surface area (Å²) in [4.78, 5) is 11.9. The highest BCUT2D eigenvalue weighted by Gasteiger charge is 2.38. The lowest BCUT2D eigenvalue weighted by atomic mass is 9.91. The van der Waals surface area contributed by atoms with Crippen molar-refractivity contribution >= 4 is 5.78 Å². The summed E-state index contributed by atoms with van der Waals surface area (Å²) in [6, 6.07) is 4.50. The molecule has 2 nitrogen and oxygen atoms in total. The third kappa shape index (κ3) is 3.15. The van der Waals surface area contributed by atoms with Crippen LogP contribution in [-0.2, 0) is 17.4 Å². The number of Topliss-reactive ketones (excluding diaryl/α,β-unsaturated/α-hetero) is 1. The van der Waals surface area contributed by atoms with Gasteiger partial charge in [-0.05, 0) is 43.4 Å². The molecule has 0 spiro atoms. The fourth-order valence-electron chi connectivity index (χ4n) is 2.40. The smallest absolute Gasteiger partial charge is 0.382 e. The van der Waals surface area contributed by atoms with Gasteiger partial charge >= 0.3 is 6.18 Å². The van der Waals surface area contributed by atoms with E-state index in [0.29, 0.717) is 18.4 Å². The topological polar surface area (TPSA) is 37.3 Å². The molecule has 0 aromatic heterocycles. The first-order chi connectivity index (χ1) is 8.81. The molecular weight excluding hydrogens is 257 g/mol. The summed E-state index contributed by atoms with van der Waals surface area (Å²) >= 11 is 0. The number of carbonyl (C=O) groups excluding carboxylic acids is 1. The Kier molecular flexibility index (Phi) is 3.67. The Hall–Kier alpha value is -1.36. The van der Waals surface area contributed by atoms with Gasteiger partial charge in [0.25, 0.3) is 0 Å². The van der Waals surface area contributed by atoms with Crippen molar-refractivity contribution in [3.8, 4) is 0 Å². The molecule has 0 aliphatic heterocycles. The summed E-state index contributed by atoms with van der Waals surface area (Å²) in [5.41, 5.74) is -1.51. The molecule has 0 heterocycles. The lowest BCUT2D eigenvalue weighted by Crippen LogP contribution is -2.36. The first-order valence-electron chi connectivity index (χ1n) is 6.23. The van der Waals surface area contributed by atoms with E-state index < -0.39 is 17.3 Å². The van der Waals surface area contributed by atoms with Gasteiger partial charge in [0.2, 0.25) is 0 Å². The second-order valence-corrected chi connectivity index (χ2v) is 5.03. The fraction of sp³-hybridized carbons (Fsp3) is 0.500. The van der Waals surface area contributed by atoms with Crippen molar-refractivity contribution in [2.75, 3.05) is 0 Å². The molecule has 0 saturated heterocycles. The second kappa shape index (κ2) is 4.96. The summed E-state index contributed by atoms with van der Waals surface area (Å²) in [6.45, 7) is 0. The zero-order valence-corrected chi connectivity index (χ0v) is 10.3. The van der Waals surface area contributed by atoms with Crippen molar-refractivity contribution in [1.82, 2.24) is 0 Å². The molecule has 1 aromatic rings. The predicted octanol–water partition coefficient (Wildman–Crippen LogP) is 3.12. The van der Waals surface area contributed by atoms with Crippen LogP contribution in [-0.4, -0.2) is 16.5 Å². The average molecular weight is 272 g/mol. The van der Waals surface area contributed by atoms with Crippen LogP contribution >= 0.6 is 0 Å². The van der Waals surface area contributed by atoms with Crippen LogP contribution in [0.1, 0.15) is 36.8 Å². The molecule has 0 atom stereocenters. The van der Waals surface area contributed by atoms with Crippen molar-refractivity contribution in [1.29, 1.82) is 0 Å². The van der Waals surface area contributed by atoms with E-state index in [1.165, 1.54) is 12.1 Å². The van der Waals surface area contributed by atoms with Crippen LogP contribution in [0.3, 0.4) is 0 Å². The Morgan fingerprint density at radius 1 is 1.16 bits per heavy atom. The predicted molar refractivity (Wildman–Crippen MR) is 63.6 cm³/mol. The normalized spacial score (nSPS) is 18.5. The van der Waals surface area contributed by atoms with E-state index in [9.17, 15) is 23.1 Å². The highest BCUT2D eigenvalue weighted by Crippen LogP contribution is 2.32. The number of hydrogen-bond acceptors (Lipinski definition) is 2. The molecule has 1 aliphatic carbocycles. The van der Waals surface area contributed by atoms with Gasteiger partial charge in [-0.15, -0.1) is 0 Å². The number of alkyl halides is 3. The molecule has 1 aromatic carbocycles. The summed E-state index contributed by atoms with van der Waals surface area (Å²) < 4.78 is 37.1. The summed E-state index contributed by atoms with van der Waals surface area (Å²) in [7, 11) is 0. The monoisotopic (exact) mass is 272 g/mol. The van der Waals surface area contributed by atoms with Crippen molar-refractivity contribution in [2.45, 2.75) is 43.9 Å². The lowest BCUT2D eigenvalue weighted by molar-refractivity contribution is -0.137. The lowest BCUT2D eigenvalue weighted by Gasteiger charge is -2.20. The van der Waals surface area contributed by atoms with Gasteiger partial charge in [0, 0.05) is 6.42 Å². The van der Waals surface area contributed by atoms with Crippen molar-refractivity contribution in [3.05, 3.63) is 35.4 Å². The molecule has 1 fully saturated rings. The zero-order chi connectivity index (χ0) is 14.1.